The molecule has 4 fully saturated rings. The first kappa shape index (κ1) is 16.3. The van der Waals surface area contributed by atoms with Crippen molar-refractivity contribution in [2.45, 2.75) is 58.8 Å². The Morgan fingerprint density at radius 1 is 1.00 bits per heavy atom. The molecule has 0 aromatic heterocycles. The molecular formula is C17H30ClNO. The van der Waals surface area contributed by atoms with Gasteiger partial charge in [0.25, 0.3) is 0 Å². The average Bonchev–Trinajstić information content (AvgIpc) is 2.33. The van der Waals surface area contributed by atoms with E-state index in [-0.39, 0.29) is 12.4 Å². The van der Waals surface area contributed by atoms with E-state index >= 15 is 0 Å². The third-order valence-corrected chi connectivity index (χ3v) is 6.03. The van der Waals surface area contributed by atoms with E-state index in [9.17, 15) is 4.79 Å². The van der Waals surface area contributed by atoms with E-state index < -0.39 is 0 Å². The van der Waals surface area contributed by atoms with Crippen LogP contribution < -0.4 is 0 Å². The fraction of sp³-hybridized carbons (Fsp3) is 0.941. The predicted octanol–water partition coefficient (Wildman–Crippen LogP) is 3.93. The van der Waals surface area contributed by atoms with Crippen molar-refractivity contribution in [3.63, 3.8) is 0 Å². The minimum atomic E-state index is 0. The summed E-state index contributed by atoms with van der Waals surface area (Å²) in [7, 11) is 0. The van der Waals surface area contributed by atoms with Gasteiger partial charge in [-0.25, -0.2) is 0 Å². The van der Waals surface area contributed by atoms with Gasteiger partial charge in [0.15, 0.2) is 0 Å². The zero-order valence-electron chi connectivity index (χ0n) is 13.1. The largest absolute Gasteiger partial charge is 0.298 e. The summed E-state index contributed by atoms with van der Waals surface area (Å²) in [5, 5.41) is 0. The molecule has 4 rings (SSSR count). The molecule has 4 bridgehead atoms. The number of rotatable bonds is 6. The van der Waals surface area contributed by atoms with Crippen LogP contribution in [0.15, 0.2) is 0 Å². The van der Waals surface area contributed by atoms with Crippen LogP contribution in [0, 0.1) is 23.2 Å². The number of ketones is 1. The maximum Gasteiger partial charge on any atom is 0.147 e. The number of halogens is 1. The lowest BCUT2D eigenvalue weighted by atomic mass is 9.48. The van der Waals surface area contributed by atoms with E-state index in [1.165, 1.54) is 38.5 Å². The van der Waals surface area contributed by atoms with Crippen LogP contribution in [0.1, 0.15) is 58.8 Å². The summed E-state index contributed by atoms with van der Waals surface area (Å²) in [5.41, 5.74) is 0.430. The van der Waals surface area contributed by atoms with Gasteiger partial charge in [-0.3, -0.25) is 9.69 Å². The highest BCUT2D eigenvalue weighted by Gasteiger charge is 2.51. The van der Waals surface area contributed by atoms with Crippen molar-refractivity contribution in [1.82, 2.24) is 4.90 Å². The van der Waals surface area contributed by atoms with Gasteiger partial charge < -0.3 is 0 Å². The van der Waals surface area contributed by atoms with Crippen LogP contribution in [-0.4, -0.2) is 30.3 Å². The molecule has 0 heterocycles. The van der Waals surface area contributed by atoms with Crippen LogP contribution in [0.4, 0.5) is 0 Å². The average molecular weight is 300 g/mol. The van der Waals surface area contributed by atoms with Crippen molar-refractivity contribution in [3.05, 3.63) is 0 Å². The normalized spacial score (nSPS) is 38.0. The maximum atomic E-state index is 12.4. The van der Waals surface area contributed by atoms with Crippen molar-refractivity contribution in [2.24, 2.45) is 23.2 Å². The van der Waals surface area contributed by atoms with Crippen LogP contribution in [0.2, 0.25) is 0 Å². The van der Waals surface area contributed by atoms with Gasteiger partial charge >= 0.3 is 0 Å². The van der Waals surface area contributed by atoms with Crippen molar-refractivity contribution >= 4 is 18.2 Å². The second-order valence-corrected chi connectivity index (χ2v) is 7.59. The second kappa shape index (κ2) is 6.36. The number of hydrogen-bond acceptors (Lipinski definition) is 2. The molecule has 0 saturated heterocycles. The van der Waals surface area contributed by atoms with Gasteiger partial charge in [-0.05, 0) is 74.8 Å². The van der Waals surface area contributed by atoms with Crippen molar-refractivity contribution in [2.75, 3.05) is 19.6 Å². The Kier molecular flexibility index (Phi) is 5.18. The van der Waals surface area contributed by atoms with Crippen LogP contribution in [0.5, 0.6) is 0 Å². The highest BCUT2D eigenvalue weighted by atomic mass is 35.5. The topological polar surface area (TPSA) is 20.3 Å². The Labute approximate surface area is 130 Å². The Morgan fingerprint density at radius 2 is 1.45 bits per heavy atom. The smallest absolute Gasteiger partial charge is 0.147 e. The number of likely N-dealkylation sites (N-methyl/N-ethyl adjacent to an activating group) is 1. The molecular weight excluding hydrogens is 270 g/mol. The summed E-state index contributed by atoms with van der Waals surface area (Å²) in [4.78, 5) is 14.7. The zero-order valence-corrected chi connectivity index (χ0v) is 13.9. The summed E-state index contributed by atoms with van der Waals surface area (Å²) >= 11 is 0. The van der Waals surface area contributed by atoms with Gasteiger partial charge in [-0.2, -0.15) is 0 Å². The first-order valence-electron chi connectivity index (χ1n) is 8.36. The van der Waals surface area contributed by atoms with Crippen LogP contribution in [-0.2, 0) is 4.79 Å². The summed E-state index contributed by atoms with van der Waals surface area (Å²) in [5.74, 6) is 3.40. The summed E-state index contributed by atoms with van der Waals surface area (Å²) in [6, 6.07) is 0. The molecule has 2 nitrogen and oxygen atoms in total. The molecule has 116 valence electrons. The highest BCUT2D eigenvalue weighted by molar-refractivity contribution is 5.85. The molecule has 0 N–H and O–H groups in total. The summed E-state index contributed by atoms with van der Waals surface area (Å²) in [6.45, 7) is 7.00. The minimum absolute atomic E-state index is 0. The summed E-state index contributed by atoms with van der Waals surface area (Å²) < 4.78 is 0. The van der Waals surface area contributed by atoms with Gasteiger partial charge in [0.05, 0.1) is 6.54 Å². The Bertz CT molecular complexity index is 316. The van der Waals surface area contributed by atoms with Gasteiger partial charge in [0.2, 0.25) is 0 Å². The first-order valence-corrected chi connectivity index (χ1v) is 8.36. The molecule has 3 heteroatoms. The van der Waals surface area contributed by atoms with Gasteiger partial charge in [-0.15, -0.1) is 12.4 Å². The van der Waals surface area contributed by atoms with Gasteiger partial charge in [0.1, 0.15) is 5.78 Å². The van der Waals surface area contributed by atoms with E-state index in [1.54, 1.807) is 0 Å². The Morgan fingerprint density at radius 3 is 1.85 bits per heavy atom. The zero-order chi connectivity index (χ0) is 13.5. The van der Waals surface area contributed by atoms with Gasteiger partial charge in [-0.1, -0.05) is 13.8 Å². The second-order valence-electron chi connectivity index (χ2n) is 7.59. The van der Waals surface area contributed by atoms with E-state index in [1.807, 2.05) is 0 Å². The lowest BCUT2D eigenvalue weighted by Gasteiger charge is -2.56. The number of hydrogen-bond donors (Lipinski definition) is 0. The molecule has 0 spiro atoms. The molecule has 4 aliphatic carbocycles. The van der Waals surface area contributed by atoms with Crippen molar-refractivity contribution in [3.8, 4) is 0 Å². The lowest BCUT2D eigenvalue weighted by Crippen LogP contribution is -2.47. The molecule has 4 aliphatic rings. The predicted molar refractivity (Wildman–Crippen MR) is 85.3 cm³/mol. The minimum Gasteiger partial charge on any atom is -0.298 e. The fourth-order valence-corrected chi connectivity index (χ4v) is 5.68. The van der Waals surface area contributed by atoms with Crippen molar-refractivity contribution in [1.29, 1.82) is 0 Å². The Balaban J connectivity index is 0.00000147. The Hall–Kier alpha value is -0.0800. The number of nitrogens with zero attached hydrogens (tertiary/aromatic N) is 1. The standard InChI is InChI=1S/C17H29NO.ClH/c1-3-18(4-2)12-16(19)11-17-8-13-5-14(9-17)7-15(6-13)10-17;/h13-15H,3-12H2,1-2H3;1H. The van der Waals surface area contributed by atoms with E-state index in [0.29, 0.717) is 17.7 Å². The third kappa shape index (κ3) is 3.22. The van der Waals surface area contributed by atoms with Crippen molar-refractivity contribution < 1.29 is 4.79 Å². The molecule has 0 atom stereocenters. The fourth-order valence-electron chi connectivity index (χ4n) is 5.68. The van der Waals surface area contributed by atoms with Crippen LogP contribution in [0.3, 0.4) is 0 Å². The molecule has 0 aliphatic heterocycles. The lowest BCUT2D eigenvalue weighted by molar-refractivity contribution is -0.128. The monoisotopic (exact) mass is 299 g/mol. The maximum absolute atomic E-state index is 12.4. The van der Waals surface area contributed by atoms with E-state index in [0.717, 1.165) is 37.3 Å². The molecule has 20 heavy (non-hydrogen) atoms. The van der Waals surface area contributed by atoms with E-state index in [2.05, 4.69) is 18.7 Å². The number of carbonyl (C=O) groups is 1. The molecule has 0 aromatic rings. The SMILES string of the molecule is CCN(CC)CC(=O)CC12CC3CC(CC(C3)C1)C2.Cl. The molecule has 0 amide bonds. The molecule has 0 unspecified atom stereocenters. The van der Waals surface area contributed by atoms with Crippen LogP contribution in [0.25, 0.3) is 0 Å². The van der Waals surface area contributed by atoms with E-state index in [4.69, 9.17) is 0 Å². The number of carbonyl (C=O) groups excluding carboxylic acids is 1. The molecule has 0 radical (unpaired) electrons. The first-order chi connectivity index (χ1) is 9.12. The quantitative estimate of drug-likeness (QED) is 0.741. The van der Waals surface area contributed by atoms with Gasteiger partial charge in [0, 0.05) is 6.42 Å². The number of Topliss-reactive ketones (excluding diaryl/α,β-unsaturated/α-hetero) is 1. The highest BCUT2D eigenvalue weighted by Crippen LogP contribution is 2.61. The third-order valence-electron chi connectivity index (χ3n) is 6.03. The van der Waals surface area contributed by atoms with Crippen LogP contribution >= 0.6 is 12.4 Å². The molecule has 0 aromatic carbocycles. The summed E-state index contributed by atoms with van der Waals surface area (Å²) in [6.07, 6.45) is 9.40. The molecule has 4 saturated carbocycles.